The molecule has 0 unspecified atom stereocenters. The van der Waals surface area contributed by atoms with Crippen molar-refractivity contribution in [2.24, 2.45) is 11.1 Å². The Labute approximate surface area is 253 Å². The third-order valence-electron chi connectivity index (χ3n) is 6.82. The first-order chi connectivity index (χ1) is 18.0. The van der Waals surface area contributed by atoms with Crippen LogP contribution in [0.15, 0.2) is 29.8 Å². The Balaban J connectivity index is 0.00000400. The van der Waals surface area contributed by atoms with E-state index >= 15 is 0 Å². The summed E-state index contributed by atoms with van der Waals surface area (Å²) in [6, 6.07) is 6.31. The normalized spacial score (nSPS) is 17.4. The topological polar surface area (TPSA) is 138 Å². The lowest BCUT2D eigenvalue weighted by molar-refractivity contribution is -0.144. The number of aliphatic hydroxyl groups is 1. The Morgan fingerprint density at radius 3 is 2.40 bits per heavy atom. The van der Waals surface area contributed by atoms with Crippen molar-refractivity contribution in [2.45, 2.75) is 84.5 Å². The number of aliphatic hydroxyl groups excluding tert-OH is 1. The Kier molecular flexibility index (Phi) is 14.6. The van der Waals surface area contributed by atoms with Crippen LogP contribution in [0, 0.1) is 12.3 Å². The molecule has 3 amide bonds. The van der Waals surface area contributed by atoms with Crippen molar-refractivity contribution in [3.05, 3.63) is 41.0 Å². The summed E-state index contributed by atoms with van der Waals surface area (Å²) in [7, 11) is 0. The molecule has 0 spiro atoms. The second-order valence-electron chi connectivity index (χ2n) is 11.0. The van der Waals surface area contributed by atoms with Gasteiger partial charge in [0.15, 0.2) is 0 Å². The maximum absolute atomic E-state index is 13.6. The fourth-order valence-corrected chi connectivity index (χ4v) is 5.43. The first-order valence-electron chi connectivity index (χ1n) is 13.3. The summed E-state index contributed by atoms with van der Waals surface area (Å²) in [6.07, 6.45) is 2.08. The van der Waals surface area contributed by atoms with Crippen molar-refractivity contribution < 1.29 is 19.5 Å². The number of carbonyl (C=O) groups is 3. The molecule has 3 rings (SSSR count). The van der Waals surface area contributed by atoms with Gasteiger partial charge in [0.2, 0.25) is 17.7 Å². The predicted molar refractivity (Wildman–Crippen MR) is 164 cm³/mol. The summed E-state index contributed by atoms with van der Waals surface area (Å²) in [5, 5.41) is 16.2. The van der Waals surface area contributed by atoms with Crippen molar-refractivity contribution in [3.8, 4) is 10.4 Å². The molecule has 1 aliphatic rings. The van der Waals surface area contributed by atoms with E-state index in [0.717, 1.165) is 34.5 Å². The first-order valence-corrected chi connectivity index (χ1v) is 14.1. The number of likely N-dealkylation sites (tertiary alicyclic amines) is 1. The number of nitrogens with zero attached hydrogens (tertiary/aromatic N) is 2. The predicted octanol–water partition coefficient (Wildman–Crippen LogP) is 3.59. The number of nitrogens with one attached hydrogen (secondary N) is 2. The van der Waals surface area contributed by atoms with Gasteiger partial charge in [-0.2, -0.15) is 0 Å². The van der Waals surface area contributed by atoms with Gasteiger partial charge in [-0.25, -0.2) is 4.98 Å². The second-order valence-corrected chi connectivity index (χ2v) is 11.9. The molecule has 2 heterocycles. The van der Waals surface area contributed by atoms with Crippen molar-refractivity contribution >= 4 is 53.9 Å². The van der Waals surface area contributed by atoms with Crippen molar-refractivity contribution in [2.75, 3.05) is 13.1 Å². The number of hydrogen-bond acceptors (Lipinski definition) is 7. The Bertz CT molecular complexity index is 1110. The highest BCUT2D eigenvalue weighted by Crippen LogP contribution is 2.28. The van der Waals surface area contributed by atoms with E-state index in [1.807, 2.05) is 57.5 Å². The minimum absolute atomic E-state index is 0. The first kappa shape index (κ1) is 35.8. The number of hydrogen-bond donors (Lipinski definition) is 4. The van der Waals surface area contributed by atoms with Crippen LogP contribution < -0.4 is 16.4 Å². The lowest BCUT2D eigenvalue weighted by atomic mass is 9.85. The zero-order valence-electron chi connectivity index (χ0n) is 23.6. The number of β-amino-alcohol motifs (C(OH)–C–C–N with tert-alkyl or cyclic N) is 1. The SMILES string of the molecule is Cc1ncsc1-c1ccc(CNC(=O)[C@@H]2C[C@@H](O)CN2C(=O)[C@@H](NC(=O)CCCCCN)C(C)(C)C)cc1.Cl.Cl. The number of benzene rings is 1. The van der Waals surface area contributed by atoms with Gasteiger partial charge >= 0.3 is 0 Å². The number of aromatic nitrogens is 1. The fraction of sp³-hybridized carbons (Fsp3) is 0.571. The summed E-state index contributed by atoms with van der Waals surface area (Å²) in [5.41, 5.74) is 9.75. The smallest absolute Gasteiger partial charge is 0.246 e. The van der Waals surface area contributed by atoms with E-state index in [4.69, 9.17) is 5.73 Å². The van der Waals surface area contributed by atoms with Gasteiger partial charge in [-0.15, -0.1) is 36.2 Å². The van der Waals surface area contributed by atoms with Crippen LogP contribution in [-0.2, 0) is 20.9 Å². The molecular weight excluding hydrogens is 573 g/mol. The number of thiazole rings is 1. The Morgan fingerprint density at radius 1 is 1.15 bits per heavy atom. The third-order valence-corrected chi connectivity index (χ3v) is 7.80. The molecule has 1 aromatic heterocycles. The number of carbonyl (C=O) groups excluding carboxylic acids is 3. The Morgan fingerprint density at radius 2 is 1.82 bits per heavy atom. The molecule has 1 fully saturated rings. The highest BCUT2D eigenvalue weighted by atomic mass is 35.5. The summed E-state index contributed by atoms with van der Waals surface area (Å²) < 4.78 is 0. The van der Waals surface area contributed by atoms with Gasteiger partial charge in [0.25, 0.3) is 0 Å². The number of amides is 3. The molecule has 0 saturated carbocycles. The van der Waals surface area contributed by atoms with E-state index in [9.17, 15) is 19.5 Å². The molecule has 224 valence electrons. The van der Waals surface area contributed by atoms with Crippen LogP contribution >= 0.6 is 36.2 Å². The number of halogens is 2. The van der Waals surface area contributed by atoms with Crippen LogP contribution in [0.25, 0.3) is 10.4 Å². The van der Waals surface area contributed by atoms with Crippen LogP contribution in [0.5, 0.6) is 0 Å². The van der Waals surface area contributed by atoms with Crippen LogP contribution in [0.2, 0.25) is 0 Å². The standard InChI is InChI=1S/C28H41N5O4S.2ClH/c1-18-24(38-17-31-18)20-11-9-19(10-12-20)15-30-26(36)22-14-21(34)16-33(22)27(37)25(28(2,3)4)32-23(35)8-6-5-7-13-29;;/h9-12,17,21-22,25,34H,5-8,13-16,29H2,1-4H3,(H,30,36)(H,32,35);2*1H/t21-,22+,25-;;/m1../s1. The number of nitrogens with two attached hydrogens (primary N) is 1. The monoisotopic (exact) mass is 615 g/mol. The number of aryl methyl sites for hydroxylation is 1. The molecule has 0 radical (unpaired) electrons. The summed E-state index contributed by atoms with van der Waals surface area (Å²) in [6.45, 7) is 8.55. The van der Waals surface area contributed by atoms with Gasteiger partial charge < -0.3 is 26.4 Å². The zero-order valence-corrected chi connectivity index (χ0v) is 26.1. The van der Waals surface area contributed by atoms with Crippen LogP contribution in [-0.4, -0.2) is 64.0 Å². The summed E-state index contributed by atoms with van der Waals surface area (Å²) in [5.74, 6) is -0.875. The van der Waals surface area contributed by atoms with Gasteiger partial charge in [-0.05, 0) is 42.9 Å². The molecule has 9 nitrogen and oxygen atoms in total. The highest BCUT2D eigenvalue weighted by molar-refractivity contribution is 7.13. The molecule has 1 saturated heterocycles. The van der Waals surface area contributed by atoms with Gasteiger partial charge in [-0.1, -0.05) is 51.5 Å². The van der Waals surface area contributed by atoms with E-state index < -0.39 is 23.6 Å². The molecule has 40 heavy (non-hydrogen) atoms. The molecular formula is C28H43Cl2N5O4S. The summed E-state index contributed by atoms with van der Waals surface area (Å²) in [4.78, 5) is 46.2. The molecule has 0 bridgehead atoms. The maximum atomic E-state index is 13.6. The molecule has 12 heteroatoms. The molecule has 5 N–H and O–H groups in total. The average molecular weight is 617 g/mol. The van der Waals surface area contributed by atoms with Crippen molar-refractivity contribution in [1.82, 2.24) is 20.5 Å². The van der Waals surface area contributed by atoms with E-state index in [0.29, 0.717) is 25.9 Å². The molecule has 3 atom stereocenters. The van der Waals surface area contributed by atoms with Gasteiger partial charge in [0.05, 0.1) is 22.2 Å². The molecule has 0 aliphatic carbocycles. The number of unbranched alkanes of at least 4 members (excludes halogenated alkanes) is 2. The number of rotatable bonds is 11. The molecule has 1 aromatic carbocycles. The largest absolute Gasteiger partial charge is 0.391 e. The summed E-state index contributed by atoms with van der Waals surface area (Å²) >= 11 is 1.59. The molecule has 2 aromatic rings. The minimum atomic E-state index is -0.812. The van der Waals surface area contributed by atoms with Crippen molar-refractivity contribution in [1.29, 1.82) is 0 Å². The minimum Gasteiger partial charge on any atom is -0.391 e. The van der Waals surface area contributed by atoms with Gasteiger partial charge in [0, 0.05) is 25.9 Å². The maximum Gasteiger partial charge on any atom is 0.246 e. The van der Waals surface area contributed by atoms with Gasteiger partial charge in [0.1, 0.15) is 12.1 Å². The highest BCUT2D eigenvalue weighted by Gasteiger charge is 2.44. The van der Waals surface area contributed by atoms with E-state index in [1.54, 1.807) is 11.3 Å². The second kappa shape index (κ2) is 16.3. The van der Waals surface area contributed by atoms with Crippen LogP contribution in [0.4, 0.5) is 0 Å². The fourth-order valence-electron chi connectivity index (χ4n) is 4.62. The van der Waals surface area contributed by atoms with E-state index in [1.165, 1.54) is 4.90 Å². The lowest BCUT2D eigenvalue weighted by Crippen LogP contribution is -2.57. The lowest BCUT2D eigenvalue weighted by Gasteiger charge is -2.35. The Hall–Kier alpha value is -2.24. The van der Waals surface area contributed by atoms with Crippen LogP contribution in [0.1, 0.15) is 64.1 Å². The molecule has 1 aliphatic heterocycles. The zero-order chi connectivity index (χ0) is 27.9. The quantitative estimate of drug-likeness (QED) is 0.285. The van der Waals surface area contributed by atoms with E-state index in [2.05, 4.69) is 15.6 Å². The van der Waals surface area contributed by atoms with E-state index in [-0.39, 0.29) is 55.5 Å². The van der Waals surface area contributed by atoms with Crippen LogP contribution in [0.3, 0.4) is 0 Å². The van der Waals surface area contributed by atoms with Crippen molar-refractivity contribution in [3.63, 3.8) is 0 Å². The third kappa shape index (κ3) is 9.69. The van der Waals surface area contributed by atoms with Gasteiger partial charge in [-0.3, -0.25) is 14.4 Å². The average Bonchev–Trinajstić information content (AvgIpc) is 3.48.